The molecule has 0 bridgehead atoms. The molecule has 2 aromatic carbocycles. The Kier molecular flexibility index (Phi) is 6.92. The number of hydrogen-bond acceptors (Lipinski definition) is 3. The monoisotopic (exact) mass is 441 g/mol. The van der Waals surface area contributed by atoms with Crippen molar-refractivity contribution in [2.24, 2.45) is 0 Å². The van der Waals surface area contributed by atoms with Crippen molar-refractivity contribution < 1.29 is 36.7 Å². The van der Waals surface area contributed by atoms with E-state index in [2.05, 4.69) is 15.9 Å². The van der Waals surface area contributed by atoms with Crippen LogP contribution in [0.5, 0.6) is 11.5 Å². The van der Waals surface area contributed by atoms with Crippen LogP contribution >= 0.6 is 15.9 Å². The van der Waals surface area contributed by atoms with Crippen molar-refractivity contribution in [3.05, 3.63) is 57.6 Å². The fourth-order valence-corrected chi connectivity index (χ4v) is 3.80. The molecular weight excluding hydrogens is 422 g/mol. The molecule has 1 aliphatic rings. The maximum Gasteiger partial charge on any atom is 0.359 e. The van der Waals surface area contributed by atoms with E-state index < -0.39 is 5.97 Å². The van der Waals surface area contributed by atoms with Gasteiger partial charge >= 0.3 is 5.97 Å². The van der Waals surface area contributed by atoms with E-state index in [9.17, 15) is 9.90 Å². The van der Waals surface area contributed by atoms with Gasteiger partial charge in [-0.1, -0.05) is 28.1 Å². The smallest absolute Gasteiger partial charge is 0.359 e. The Morgan fingerprint density at radius 1 is 1.19 bits per heavy atom. The van der Waals surface area contributed by atoms with Crippen LogP contribution in [0.15, 0.2) is 40.9 Å². The highest BCUT2D eigenvalue weighted by Gasteiger charge is 2.34. The lowest BCUT2D eigenvalue weighted by Gasteiger charge is -2.34. The number of halogens is 2. The molecule has 2 aromatic rings. The van der Waals surface area contributed by atoms with Gasteiger partial charge in [0.2, 0.25) is 0 Å². The fraction of sp³-hybridized carbons (Fsp3) is 0.316. The van der Waals surface area contributed by atoms with E-state index in [1.165, 1.54) is 5.56 Å². The highest BCUT2D eigenvalue weighted by molar-refractivity contribution is 9.10. The van der Waals surface area contributed by atoms with Crippen LogP contribution < -0.4 is 26.8 Å². The average Bonchev–Trinajstić information content (AvgIpc) is 2.61. The molecule has 26 heavy (non-hydrogen) atoms. The van der Waals surface area contributed by atoms with Crippen molar-refractivity contribution in [2.75, 3.05) is 27.3 Å². The normalized spacial score (nSPS) is 18.4. The second-order valence-electron chi connectivity index (χ2n) is 6.12. The van der Waals surface area contributed by atoms with Crippen LogP contribution in [0.3, 0.4) is 0 Å². The Balaban J connectivity index is 0.00000243. The quantitative estimate of drug-likeness (QED) is 0.629. The number of carboxylic acids is 1. The fourth-order valence-electron chi connectivity index (χ4n) is 3.54. The Bertz CT molecular complexity index is 782. The summed E-state index contributed by atoms with van der Waals surface area (Å²) in [6, 6.07) is 12.0. The lowest BCUT2D eigenvalue weighted by atomic mass is 9.87. The number of benzene rings is 2. The number of carboxylic acid groups (broad SMARTS) is 1. The first-order valence-corrected chi connectivity index (χ1v) is 8.89. The van der Waals surface area contributed by atoms with Crippen molar-refractivity contribution in [1.82, 2.24) is 0 Å². The summed E-state index contributed by atoms with van der Waals surface area (Å²) < 4.78 is 11.9. The molecule has 0 spiro atoms. The third-order valence-electron chi connectivity index (χ3n) is 4.66. The molecular formula is C19H21BrClNO4. The number of rotatable bonds is 5. The Hall–Kier alpha value is -1.76. The number of methoxy groups -OCH3 is 2. The largest absolute Gasteiger partial charge is 1.00 e. The molecule has 2 unspecified atom stereocenters. The third kappa shape index (κ3) is 4.14. The van der Waals surface area contributed by atoms with Crippen LogP contribution in [0, 0.1) is 0 Å². The maximum atomic E-state index is 11.4. The standard InChI is InChI=1S/C19H20BrNO4.ClH/c1-24-16-9-13-7-8-21(11-18(22)23)19(15(13)10-17(16)25-2)12-3-5-14(20)6-4-12;/h3-6,9-10,19H,7-8,11H2,1-2H3,(H,22,23);1H. The summed E-state index contributed by atoms with van der Waals surface area (Å²) in [5.41, 5.74) is 3.37. The lowest BCUT2D eigenvalue weighted by molar-refractivity contribution is -0.920. The van der Waals surface area contributed by atoms with Crippen molar-refractivity contribution in [3.8, 4) is 11.5 Å². The van der Waals surface area contributed by atoms with Gasteiger partial charge in [0.05, 0.1) is 20.8 Å². The Labute approximate surface area is 167 Å². The summed E-state index contributed by atoms with van der Waals surface area (Å²) >= 11 is 3.46. The first kappa shape index (κ1) is 20.6. The molecule has 0 aromatic heterocycles. The number of ether oxygens (including phenoxy) is 2. The number of fused-ring (bicyclic) bond motifs is 1. The molecule has 0 saturated heterocycles. The second-order valence-corrected chi connectivity index (χ2v) is 7.04. The molecule has 0 amide bonds. The maximum absolute atomic E-state index is 11.4. The zero-order valence-corrected chi connectivity index (χ0v) is 16.9. The average molecular weight is 443 g/mol. The van der Waals surface area contributed by atoms with E-state index >= 15 is 0 Å². The molecule has 3 rings (SSSR count). The van der Waals surface area contributed by atoms with E-state index in [0.29, 0.717) is 11.5 Å². The van der Waals surface area contributed by atoms with Crippen LogP contribution in [0.4, 0.5) is 0 Å². The Morgan fingerprint density at radius 2 is 1.81 bits per heavy atom. The summed E-state index contributed by atoms with van der Waals surface area (Å²) in [5.74, 6) is 0.582. The predicted molar refractivity (Wildman–Crippen MR) is 97.6 cm³/mol. The molecule has 140 valence electrons. The van der Waals surface area contributed by atoms with Gasteiger partial charge in [0, 0.05) is 22.0 Å². The van der Waals surface area contributed by atoms with E-state index in [1.807, 2.05) is 36.4 Å². The summed E-state index contributed by atoms with van der Waals surface area (Å²) in [5, 5.41) is 9.33. The van der Waals surface area contributed by atoms with E-state index in [4.69, 9.17) is 9.47 Å². The number of aliphatic carboxylic acids is 1. The Morgan fingerprint density at radius 3 is 2.38 bits per heavy atom. The van der Waals surface area contributed by atoms with Crippen LogP contribution in [-0.2, 0) is 11.2 Å². The highest BCUT2D eigenvalue weighted by atomic mass is 79.9. The minimum absolute atomic E-state index is 0. The topological polar surface area (TPSA) is 60.2 Å². The van der Waals surface area contributed by atoms with Crippen molar-refractivity contribution in [2.45, 2.75) is 12.5 Å². The van der Waals surface area contributed by atoms with Crippen LogP contribution in [0.25, 0.3) is 0 Å². The summed E-state index contributed by atoms with van der Waals surface area (Å²) in [4.78, 5) is 12.4. The van der Waals surface area contributed by atoms with Gasteiger partial charge in [-0.25, -0.2) is 4.79 Å². The van der Waals surface area contributed by atoms with Crippen LogP contribution in [-0.4, -0.2) is 38.4 Å². The van der Waals surface area contributed by atoms with E-state index in [0.717, 1.165) is 33.5 Å². The predicted octanol–water partition coefficient (Wildman–Crippen LogP) is -0.915. The van der Waals surface area contributed by atoms with Crippen LogP contribution in [0.2, 0.25) is 0 Å². The van der Waals surface area contributed by atoms with Crippen molar-refractivity contribution in [3.63, 3.8) is 0 Å². The molecule has 0 saturated carbocycles. The summed E-state index contributed by atoms with van der Waals surface area (Å²) in [6.07, 6.45) is 0.811. The highest BCUT2D eigenvalue weighted by Crippen LogP contribution is 2.36. The minimum Gasteiger partial charge on any atom is -1.00 e. The van der Waals surface area contributed by atoms with E-state index in [-0.39, 0.29) is 25.0 Å². The SMILES string of the molecule is COc1cc2c(cc1OC)C(c1ccc(Br)cc1)[NH+](CC(=O)O)CC2.[Cl-]. The third-order valence-corrected chi connectivity index (χ3v) is 5.19. The molecule has 0 radical (unpaired) electrons. The van der Waals surface area contributed by atoms with Gasteiger partial charge in [-0.3, -0.25) is 0 Å². The van der Waals surface area contributed by atoms with Gasteiger partial charge in [-0.2, -0.15) is 0 Å². The van der Waals surface area contributed by atoms with Gasteiger partial charge in [0.1, 0.15) is 6.04 Å². The zero-order valence-electron chi connectivity index (χ0n) is 14.6. The zero-order chi connectivity index (χ0) is 18.0. The van der Waals surface area contributed by atoms with Crippen molar-refractivity contribution in [1.29, 1.82) is 0 Å². The molecule has 2 N–H and O–H groups in total. The molecule has 0 aliphatic carbocycles. The minimum atomic E-state index is -0.791. The van der Waals surface area contributed by atoms with Crippen molar-refractivity contribution >= 4 is 21.9 Å². The molecule has 2 atom stereocenters. The molecule has 0 fully saturated rings. The summed E-state index contributed by atoms with van der Waals surface area (Å²) in [6.45, 7) is 0.837. The second kappa shape index (κ2) is 8.75. The van der Waals surface area contributed by atoms with E-state index in [1.54, 1.807) is 14.2 Å². The van der Waals surface area contributed by atoms with Gasteiger partial charge in [0.25, 0.3) is 0 Å². The van der Waals surface area contributed by atoms with Crippen LogP contribution in [0.1, 0.15) is 22.7 Å². The van der Waals surface area contributed by atoms with Gasteiger partial charge in [0.15, 0.2) is 18.0 Å². The molecule has 7 heteroatoms. The van der Waals surface area contributed by atoms with Gasteiger partial charge < -0.3 is 31.9 Å². The molecule has 1 aliphatic heterocycles. The molecule has 5 nitrogen and oxygen atoms in total. The number of quaternary nitrogens is 1. The number of hydrogen-bond donors (Lipinski definition) is 2. The van der Waals surface area contributed by atoms with Gasteiger partial charge in [-0.15, -0.1) is 0 Å². The first-order valence-electron chi connectivity index (χ1n) is 8.10. The number of nitrogens with one attached hydrogen (secondary N) is 1. The number of carbonyl (C=O) groups is 1. The summed E-state index contributed by atoms with van der Waals surface area (Å²) in [7, 11) is 3.24. The molecule has 1 heterocycles. The first-order chi connectivity index (χ1) is 12.0. The lowest BCUT2D eigenvalue weighted by Crippen LogP contribution is -3.14. The van der Waals surface area contributed by atoms with Gasteiger partial charge in [-0.05, 0) is 29.8 Å².